The van der Waals surface area contributed by atoms with Gasteiger partial charge in [-0.05, 0) is 18.3 Å². The van der Waals surface area contributed by atoms with Crippen molar-refractivity contribution in [2.24, 2.45) is 11.8 Å². The molecular weight excluding hydrogens is 218 g/mol. The van der Waals surface area contributed by atoms with Crippen LogP contribution in [0.1, 0.15) is 50.3 Å². The van der Waals surface area contributed by atoms with Crippen LogP contribution < -0.4 is 0 Å². The van der Waals surface area contributed by atoms with E-state index in [1.165, 1.54) is 0 Å². The van der Waals surface area contributed by atoms with Gasteiger partial charge in [0.15, 0.2) is 5.69 Å². The highest BCUT2D eigenvalue weighted by molar-refractivity contribution is 5.86. The van der Waals surface area contributed by atoms with Crippen molar-refractivity contribution in [3.05, 3.63) is 11.4 Å². The van der Waals surface area contributed by atoms with E-state index in [9.17, 15) is 4.79 Å². The lowest BCUT2D eigenvalue weighted by Gasteiger charge is -2.12. The monoisotopic (exact) mass is 239 g/mol. The Morgan fingerprint density at radius 2 is 2.06 bits per heavy atom. The fourth-order valence-electron chi connectivity index (χ4n) is 1.66. The molecule has 5 heteroatoms. The molecule has 96 valence electrons. The molecule has 1 atom stereocenters. The van der Waals surface area contributed by atoms with Crippen LogP contribution in [0.15, 0.2) is 0 Å². The Labute approximate surface area is 102 Å². The number of carbonyl (C=O) groups is 1. The molecule has 0 amide bonds. The number of carboxylic acids is 1. The van der Waals surface area contributed by atoms with Crippen molar-refractivity contribution in [1.29, 1.82) is 0 Å². The molecule has 0 fully saturated rings. The minimum absolute atomic E-state index is 0.0991. The normalized spacial score (nSPS) is 13.0. The van der Waals surface area contributed by atoms with Gasteiger partial charge in [0, 0.05) is 6.54 Å². The summed E-state index contributed by atoms with van der Waals surface area (Å²) in [5.74, 6) is -0.123. The van der Waals surface area contributed by atoms with Gasteiger partial charge in [-0.2, -0.15) is 0 Å². The first-order chi connectivity index (χ1) is 7.95. The third-order valence-corrected chi connectivity index (χ3v) is 2.82. The van der Waals surface area contributed by atoms with Crippen molar-refractivity contribution in [2.45, 2.75) is 47.1 Å². The summed E-state index contributed by atoms with van der Waals surface area (Å²) in [5, 5.41) is 16.8. The number of aromatic carboxylic acids is 1. The van der Waals surface area contributed by atoms with E-state index in [0.29, 0.717) is 18.3 Å². The van der Waals surface area contributed by atoms with E-state index in [1.54, 1.807) is 4.68 Å². The smallest absolute Gasteiger partial charge is 0.358 e. The van der Waals surface area contributed by atoms with E-state index in [4.69, 9.17) is 5.11 Å². The largest absolute Gasteiger partial charge is 0.476 e. The lowest BCUT2D eigenvalue weighted by Crippen LogP contribution is -2.14. The Balaban J connectivity index is 3.00. The lowest BCUT2D eigenvalue weighted by atomic mass is 10.1. The molecule has 1 N–H and O–H groups in total. The Bertz CT molecular complexity index is 385. The summed E-state index contributed by atoms with van der Waals surface area (Å²) in [6, 6.07) is 0. The number of aromatic nitrogens is 3. The molecule has 1 aromatic rings. The van der Waals surface area contributed by atoms with Crippen molar-refractivity contribution < 1.29 is 9.90 Å². The molecule has 1 heterocycles. The Kier molecular flexibility index (Phi) is 4.66. The van der Waals surface area contributed by atoms with Crippen molar-refractivity contribution in [3.63, 3.8) is 0 Å². The molecule has 5 nitrogen and oxygen atoms in total. The molecule has 0 bridgehead atoms. The fourth-order valence-corrected chi connectivity index (χ4v) is 1.66. The van der Waals surface area contributed by atoms with E-state index < -0.39 is 5.97 Å². The maximum absolute atomic E-state index is 11.1. The number of rotatable bonds is 6. The quantitative estimate of drug-likeness (QED) is 0.826. The molecule has 0 saturated heterocycles. The second kappa shape index (κ2) is 5.80. The molecule has 0 aliphatic heterocycles. The average Bonchev–Trinajstić information content (AvgIpc) is 2.60. The van der Waals surface area contributed by atoms with E-state index in [0.717, 1.165) is 18.7 Å². The first kappa shape index (κ1) is 13.7. The summed E-state index contributed by atoms with van der Waals surface area (Å²) in [6.45, 7) is 9.10. The summed E-state index contributed by atoms with van der Waals surface area (Å²) in [6.07, 6.45) is 1.74. The van der Waals surface area contributed by atoms with Crippen LogP contribution in [0.4, 0.5) is 0 Å². The summed E-state index contributed by atoms with van der Waals surface area (Å²) in [4.78, 5) is 11.1. The third-order valence-electron chi connectivity index (χ3n) is 2.82. The fraction of sp³-hybridized carbons (Fsp3) is 0.750. The number of hydrogen-bond acceptors (Lipinski definition) is 3. The number of hydrogen-bond donors (Lipinski definition) is 1. The molecule has 0 aliphatic rings. The van der Waals surface area contributed by atoms with Crippen LogP contribution in [-0.4, -0.2) is 26.1 Å². The molecule has 17 heavy (non-hydrogen) atoms. The van der Waals surface area contributed by atoms with Crippen molar-refractivity contribution >= 4 is 5.97 Å². The first-order valence-electron chi connectivity index (χ1n) is 6.11. The van der Waals surface area contributed by atoms with Crippen LogP contribution in [0.2, 0.25) is 0 Å². The Morgan fingerprint density at radius 3 is 2.53 bits per heavy atom. The third kappa shape index (κ3) is 3.54. The van der Waals surface area contributed by atoms with Crippen LogP contribution in [0, 0.1) is 11.8 Å². The maximum Gasteiger partial charge on any atom is 0.358 e. The lowest BCUT2D eigenvalue weighted by molar-refractivity contribution is 0.0689. The molecule has 0 aromatic carbocycles. The van der Waals surface area contributed by atoms with Crippen molar-refractivity contribution in [2.75, 3.05) is 0 Å². The first-order valence-corrected chi connectivity index (χ1v) is 6.11. The highest BCUT2D eigenvalue weighted by Gasteiger charge is 2.20. The van der Waals surface area contributed by atoms with Gasteiger partial charge in [-0.1, -0.05) is 39.3 Å². The maximum atomic E-state index is 11.1. The standard InChI is InChI=1S/C12H21N3O2/c1-5-9(4)7-15-10(6-8(2)3)11(12(16)17)13-14-15/h8-9H,5-7H2,1-4H3,(H,16,17). The van der Waals surface area contributed by atoms with Gasteiger partial charge in [-0.15, -0.1) is 5.10 Å². The molecule has 0 aliphatic carbocycles. The van der Waals surface area contributed by atoms with Crippen LogP contribution in [0.3, 0.4) is 0 Å². The van der Waals surface area contributed by atoms with Gasteiger partial charge in [0.1, 0.15) is 0 Å². The summed E-state index contributed by atoms with van der Waals surface area (Å²) < 4.78 is 1.75. The van der Waals surface area contributed by atoms with Gasteiger partial charge in [0.25, 0.3) is 0 Å². The minimum Gasteiger partial charge on any atom is -0.476 e. The Hall–Kier alpha value is -1.39. The SMILES string of the molecule is CCC(C)Cn1nnc(C(=O)O)c1CC(C)C. The van der Waals surface area contributed by atoms with E-state index in [-0.39, 0.29) is 5.69 Å². The molecule has 0 saturated carbocycles. The van der Waals surface area contributed by atoms with Gasteiger partial charge in [0.2, 0.25) is 0 Å². The zero-order valence-electron chi connectivity index (χ0n) is 11.0. The molecule has 0 radical (unpaired) electrons. The van der Waals surface area contributed by atoms with Crippen molar-refractivity contribution in [1.82, 2.24) is 15.0 Å². The second-order valence-electron chi connectivity index (χ2n) is 4.98. The van der Waals surface area contributed by atoms with Gasteiger partial charge in [-0.3, -0.25) is 0 Å². The zero-order valence-corrected chi connectivity index (χ0v) is 11.0. The molecular formula is C12H21N3O2. The molecule has 1 unspecified atom stereocenters. The topological polar surface area (TPSA) is 68.0 Å². The predicted molar refractivity (Wildman–Crippen MR) is 65.0 cm³/mol. The minimum atomic E-state index is -0.990. The van der Waals surface area contributed by atoms with Crippen LogP contribution in [-0.2, 0) is 13.0 Å². The highest BCUT2D eigenvalue weighted by atomic mass is 16.4. The highest BCUT2D eigenvalue weighted by Crippen LogP contribution is 2.14. The predicted octanol–water partition coefficient (Wildman–Crippen LogP) is 2.22. The van der Waals surface area contributed by atoms with E-state index in [2.05, 4.69) is 38.0 Å². The van der Waals surface area contributed by atoms with E-state index in [1.807, 2.05) is 0 Å². The molecule has 1 aromatic heterocycles. The number of carboxylic acid groups (broad SMARTS) is 1. The average molecular weight is 239 g/mol. The second-order valence-corrected chi connectivity index (χ2v) is 4.98. The van der Waals surface area contributed by atoms with Gasteiger partial charge < -0.3 is 5.11 Å². The van der Waals surface area contributed by atoms with Crippen LogP contribution >= 0.6 is 0 Å². The van der Waals surface area contributed by atoms with Gasteiger partial charge in [0.05, 0.1) is 5.69 Å². The van der Waals surface area contributed by atoms with E-state index >= 15 is 0 Å². The number of nitrogens with zero attached hydrogens (tertiary/aromatic N) is 3. The van der Waals surface area contributed by atoms with Crippen LogP contribution in [0.5, 0.6) is 0 Å². The summed E-state index contributed by atoms with van der Waals surface area (Å²) in [5.41, 5.74) is 0.842. The summed E-state index contributed by atoms with van der Waals surface area (Å²) >= 11 is 0. The summed E-state index contributed by atoms with van der Waals surface area (Å²) in [7, 11) is 0. The van der Waals surface area contributed by atoms with Gasteiger partial charge in [-0.25, -0.2) is 9.48 Å². The van der Waals surface area contributed by atoms with Crippen LogP contribution in [0.25, 0.3) is 0 Å². The Morgan fingerprint density at radius 1 is 1.41 bits per heavy atom. The van der Waals surface area contributed by atoms with Crippen molar-refractivity contribution in [3.8, 4) is 0 Å². The zero-order chi connectivity index (χ0) is 13.0. The van der Waals surface area contributed by atoms with Gasteiger partial charge >= 0.3 is 5.97 Å². The molecule has 1 rings (SSSR count). The molecule has 0 spiro atoms.